The number of nitrogens with one attached hydrogen (secondary N) is 2. The third-order valence-electron chi connectivity index (χ3n) is 4.64. The second-order valence-electron chi connectivity index (χ2n) is 6.35. The zero-order chi connectivity index (χ0) is 17.1. The molecule has 7 heteroatoms. The zero-order valence-electron chi connectivity index (χ0n) is 14.5. The summed E-state index contributed by atoms with van der Waals surface area (Å²) in [6, 6.07) is 1.99. The molecule has 1 aliphatic heterocycles. The molecule has 2 atom stereocenters. The average molecular weight is 331 g/mol. The van der Waals surface area contributed by atoms with Crippen molar-refractivity contribution in [3.63, 3.8) is 0 Å². The van der Waals surface area contributed by atoms with Crippen LogP contribution in [0.15, 0.2) is 16.8 Å². The summed E-state index contributed by atoms with van der Waals surface area (Å²) in [7, 11) is 0. The van der Waals surface area contributed by atoms with Crippen LogP contribution in [0.4, 0.5) is 0 Å². The molecule has 0 aliphatic carbocycles. The molecule has 0 aromatic carbocycles. The van der Waals surface area contributed by atoms with Crippen LogP contribution in [0.3, 0.4) is 0 Å². The molecule has 2 aromatic heterocycles. The first kappa shape index (κ1) is 16.7. The van der Waals surface area contributed by atoms with E-state index in [1.165, 1.54) is 0 Å². The molecular weight excluding hydrogens is 306 g/mol. The largest absolute Gasteiger partial charge is 0.361 e. The molecule has 2 N–H and O–H groups in total. The molecule has 24 heavy (non-hydrogen) atoms. The first-order valence-electron chi connectivity index (χ1n) is 8.59. The molecule has 7 nitrogen and oxygen atoms in total. The Hall–Kier alpha value is -2.15. The van der Waals surface area contributed by atoms with Crippen molar-refractivity contribution in [3.8, 4) is 0 Å². The average Bonchev–Trinajstić information content (AvgIpc) is 3.21. The summed E-state index contributed by atoms with van der Waals surface area (Å²) >= 11 is 0. The summed E-state index contributed by atoms with van der Waals surface area (Å²) in [4.78, 5) is 12.6. The fraction of sp³-hybridized carbons (Fsp3) is 0.588. The van der Waals surface area contributed by atoms with Crippen LogP contribution in [0.5, 0.6) is 0 Å². The van der Waals surface area contributed by atoms with Crippen molar-refractivity contribution in [2.75, 3.05) is 13.1 Å². The molecule has 3 heterocycles. The van der Waals surface area contributed by atoms with Crippen LogP contribution in [-0.2, 0) is 0 Å². The lowest BCUT2D eigenvalue weighted by atomic mass is 10.0. The Morgan fingerprint density at radius 2 is 2.38 bits per heavy atom. The van der Waals surface area contributed by atoms with E-state index in [0.29, 0.717) is 11.7 Å². The van der Waals surface area contributed by atoms with Gasteiger partial charge >= 0.3 is 0 Å². The number of piperidine rings is 1. The number of nitrogens with zero attached hydrogens (tertiary/aromatic N) is 3. The van der Waals surface area contributed by atoms with E-state index in [1.807, 2.05) is 31.6 Å². The molecule has 0 radical (unpaired) electrons. The van der Waals surface area contributed by atoms with E-state index in [0.717, 1.165) is 49.4 Å². The van der Waals surface area contributed by atoms with Crippen LogP contribution in [0, 0.1) is 13.8 Å². The summed E-state index contributed by atoms with van der Waals surface area (Å²) in [6.07, 6.45) is 4.88. The Balaban J connectivity index is 1.71. The number of hydrogen-bond acceptors (Lipinski definition) is 5. The van der Waals surface area contributed by atoms with Gasteiger partial charge in [-0.25, -0.2) is 0 Å². The number of carbonyl (C=O) groups excluding carboxylic acids is 1. The van der Waals surface area contributed by atoms with Crippen molar-refractivity contribution < 1.29 is 9.32 Å². The van der Waals surface area contributed by atoms with Crippen LogP contribution in [0.2, 0.25) is 0 Å². The number of aryl methyl sites for hydroxylation is 2. The summed E-state index contributed by atoms with van der Waals surface area (Å²) < 4.78 is 7.12. The van der Waals surface area contributed by atoms with Crippen LogP contribution in [0.25, 0.3) is 0 Å². The smallest absolute Gasteiger partial charge is 0.272 e. The van der Waals surface area contributed by atoms with Gasteiger partial charge in [0.05, 0.1) is 17.8 Å². The van der Waals surface area contributed by atoms with Gasteiger partial charge < -0.3 is 15.2 Å². The maximum absolute atomic E-state index is 12.6. The lowest BCUT2D eigenvalue weighted by Gasteiger charge is -2.23. The quantitative estimate of drug-likeness (QED) is 0.878. The number of carbonyl (C=O) groups is 1. The minimum atomic E-state index is -0.163. The third-order valence-corrected chi connectivity index (χ3v) is 4.64. The number of aromatic nitrogens is 3. The Morgan fingerprint density at radius 3 is 3.00 bits per heavy atom. The minimum Gasteiger partial charge on any atom is -0.361 e. The van der Waals surface area contributed by atoms with Gasteiger partial charge in [-0.15, -0.1) is 0 Å². The highest BCUT2D eigenvalue weighted by molar-refractivity contribution is 5.92. The zero-order valence-corrected chi connectivity index (χ0v) is 14.5. The van der Waals surface area contributed by atoms with Crippen molar-refractivity contribution in [1.29, 1.82) is 0 Å². The first-order valence-corrected chi connectivity index (χ1v) is 8.59. The first-order chi connectivity index (χ1) is 11.6. The molecule has 130 valence electrons. The highest BCUT2D eigenvalue weighted by Gasteiger charge is 2.23. The fourth-order valence-corrected chi connectivity index (χ4v) is 3.32. The van der Waals surface area contributed by atoms with Gasteiger partial charge in [0.1, 0.15) is 11.5 Å². The van der Waals surface area contributed by atoms with E-state index in [1.54, 1.807) is 6.07 Å². The minimum absolute atomic E-state index is 0.120. The Kier molecular flexibility index (Phi) is 4.99. The van der Waals surface area contributed by atoms with E-state index in [4.69, 9.17) is 4.52 Å². The fourth-order valence-electron chi connectivity index (χ4n) is 3.32. The predicted octanol–water partition coefficient (Wildman–Crippen LogP) is 2.29. The Bertz CT molecular complexity index is 680. The van der Waals surface area contributed by atoms with E-state index in [-0.39, 0.29) is 11.9 Å². The van der Waals surface area contributed by atoms with Crippen LogP contribution in [-0.4, -0.2) is 33.9 Å². The highest BCUT2D eigenvalue weighted by Crippen LogP contribution is 2.24. The highest BCUT2D eigenvalue weighted by atomic mass is 16.5. The third kappa shape index (κ3) is 3.36. The molecule has 2 aromatic rings. The normalized spacial score (nSPS) is 19.2. The maximum atomic E-state index is 12.6. The summed E-state index contributed by atoms with van der Waals surface area (Å²) in [5.41, 5.74) is 2.23. The number of rotatable bonds is 5. The van der Waals surface area contributed by atoms with Gasteiger partial charge in [0.25, 0.3) is 5.91 Å². The lowest BCUT2D eigenvalue weighted by molar-refractivity contribution is 0.0929. The van der Waals surface area contributed by atoms with E-state index < -0.39 is 0 Å². The topological polar surface area (TPSA) is 85.0 Å². The Morgan fingerprint density at radius 1 is 1.54 bits per heavy atom. The lowest BCUT2D eigenvalue weighted by Crippen LogP contribution is -2.32. The molecular formula is C17H25N5O2. The Labute approximate surface area is 141 Å². The number of hydrogen-bond donors (Lipinski definition) is 2. The maximum Gasteiger partial charge on any atom is 0.272 e. The van der Waals surface area contributed by atoms with Gasteiger partial charge in [0.15, 0.2) is 0 Å². The second kappa shape index (κ2) is 7.17. The summed E-state index contributed by atoms with van der Waals surface area (Å²) in [5, 5.41) is 14.9. The molecule has 0 spiro atoms. The predicted molar refractivity (Wildman–Crippen MR) is 89.8 cm³/mol. The van der Waals surface area contributed by atoms with Gasteiger partial charge in [0.2, 0.25) is 0 Å². The molecule has 1 aliphatic rings. The van der Waals surface area contributed by atoms with Crippen LogP contribution >= 0.6 is 0 Å². The molecule has 3 rings (SSSR count). The molecule has 1 amide bonds. The van der Waals surface area contributed by atoms with Gasteiger partial charge in [-0.2, -0.15) is 5.10 Å². The van der Waals surface area contributed by atoms with E-state index >= 15 is 0 Å². The van der Waals surface area contributed by atoms with Crippen molar-refractivity contribution in [1.82, 2.24) is 25.6 Å². The van der Waals surface area contributed by atoms with E-state index in [2.05, 4.69) is 20.9 Å². The van der Waals surface area contributed by atoms with Crippen LogP contribution < -0.4 is 10.6 Å². The number of amides is 1. The molecule has 0 saturated carbocycles. The van der Waals surface area contributed by atoms with Crippen molar-refractivity contribution in [2.45, 2.75) is 52.1 Å². The van der Waals surface area contributed by atoms with Crippen molar-refractivity contribution in [2.24, 2.45) is 0 Å². The molecule has 1 saturated heterocycles. The van der Waals surface area contributed by atoms with Crippen LogP contribution in [0.1, 0.15) is 65.8 Å². The van der Waals surface area contributed by atoms with Crippen molar-refractivity contribution >= 4 is 5.91 Å². The van der Waals surface area contributed by atoms with Gasteiger partial charge in [-0.1, -0.05) is 12.1 Å². The SMILES string of the molecule is CCC(NC(=O)c1ccn(C2CCCNC2)n1)c1c(C)noc1C. The summed E-state index contributed by atoms with van der Waals surface area (Å²) in [5.74, 6) is 0.586. The molecule has 2 unspecified atom stereocenters. The summed E-state index contributed by atoms with van der Waals surface area (Å²) in [6.45, 7) is 7.75. The molecule has 0 bridgehead atoms. The van der Waals surface area contributed by atoms with Crippen molar-refractivity contribution in [3.05, 3.63) is 35.0 Å². The molecule has 1 fully saturated rings. The monoisotopic (exact) mass is 331 g/mol. The second-order valence-corrected chi connectivity index (χ2v) is 6.35. The van der Waals surface area contributed by atoms with Gasteiger partial charge in [-0.05, 0) is 45.7 Å². The van der Waals surface area contributed by atoms with Gasteiger partial charge in [-0.3, -0.25) is 9.48 Å². The van der Waals surface area contributed by atoms with Gasteiger partial charge in [0, 0.05) is 18.3 Å². The van der Waals surface area contributed by atoms with E-state index in [9.17, 15) is 4.79 Å². The standard InChI is InChI=1S/C17H25N5O2/c1-4-14(16-11(2)21-24-12(16)3)19-17(23)15-7-9-22(20-15)13-6-5-8-18-10-13/h7,9,13-14,18H,4-6,8,10H2,1-3H3,(H,19,23).